The second-order valence-corrected chi connectivity index (χ2v) is 9.08. The van der Waals surface area contributed by atoms with Gasteiger partial charge in [0.05, 0.1) is 4.90 Å². The number of nitrogens with zero attached hydrogens (tertiary/aromatic N) is 2. The van der Waals surface area contributed by atoms with Gasteiger partial charge >= 0.3 is 6.36 Å². The fourth-order valence-corrected chi connectivity index (χ4v) is 4.56. The van der Waals surface area contributed by atoms with Crippen molar-refractivity contribution in [3.8, 4) is 5.75 Å². The van der Waals surface area contributed by atoms with Crippen LogP contribution in [-0.4, -0.2) is 56.1 Å². The fraction of sp³-hybridized carbons (Fsp3) is 0.278. The summed E-state index contributed by atoms with van der Waals surface area (Å²) in [5.74, 6) is -0.690. The number of hydrogen-bond acceptors (Lipinski definition) is 4. The zero-order chi connectivity index (χ0) is 21.2. The standard InChI is InChI=1S/C18H16BrF3N2O4S/c19-14-3-1-13(2-4-14)17(25)23-9-11-24(12-10-23)29(26,27)16-7-5-15(6-8-16)28-18(20,21)22/h1-8H,9-12H2. The highest BCUT2D eigenvalue weighted by atomic mass is 79.9. The Morgan fingerprint density at radius 1 is 0.931 bits per heavy atom. The third-order valence-electron chi connectivity index (χ3n) is 4.31. The molecule has 1 saturated heterocycles. The predicted molar refractivity (Wildman–Crippen MR) is 102 cm³/mol. The number of hydrogen-bond donors (Lipinski definition) is 0. The van der Waals surface area contributed by atoms with Crippen LogP contribution >= 0.6 is 15.9 Å². The number of benzene rings is 2. The van der Waals surface area contributed by atoms with Crippen LogP contribution in [0.3, 0.4) is 0 Å². The smallest absolute Gasteiger partial charge is 0.406 e. The molecule has 11 heteroatoms. The number of sulfonamides is 1. The molecule has 2 aromatic carbocycles. The van der Waals surface area contributed by atoms with Gasteiger partial charge < -0.3 is 9.64 Å². The fourth-order valence-electron chi connectivity index (χ4n) is 2.87. The molecule has 6 nitrogen and oxygen atoms in total. The van der Waals surface area contributed by atoms with Gasteiger partial charge in [0, 0.05) is 36.2 Å². The first-order valence-electron chi connectivity index (χ1n) is 8.47. The number of rotatable bonds is 4. The summed E-state index contributed by atoms with van der Waals surface area (Å²) in [5, 5.41) is 0. The lowest BCUT2D eigenvalue weighted by molar-refractivity contribution is -0.274. The Morgan fingerprint density at radius 3 is 2.00 bits per heavy atom. The van der Waals surface area contributed by atoms with Crippen molar-refractivity contribution in [3.05, 3.63) is 58.6 Å². The summed E-state index contributed by atoms with van der Waals surface area (Å²) in [4.78, 5) is 14.0. The van der Waals surface area contributed by atoms with Gasteiger partial charge in [0.15, 0.2) is 0 Å². The Bertz CT molecular complexity index is 972. The molecule has 1 fully saturated rings. The van der Waals surface area contributed by atoms with E-state index < -0.39 is 22.1 Å². The van der Waals surface area contributed by atoms with Crippen LogP contribution < -0.4 is 4.74 Å². The maximum Gasteiger partial charge on any atom is 0.573 e. The quantitative estimate of drug-likeness (QED) is 0.655. The Balaban J connectivity index is 1.65. The van der Waals surface area contributed by atoms with Crippen LogP contribution in [0.2, 0.25) is 0 Å². The van der Waals surface area contributed by atoms with Gasteiger partial charge in [-0.05, 0) is 48.5 Å². The van der Waals surface area contributed by atoms with E-state index in [2.05, 4.69) is 20.7 Å². The minimum Gasteiger partial charge on any atom is -0.406 e. The molecule has 156 valence electrons. The number of piperazine rings is 1. The van der Waals surface area contributed by atoms with E-state index in [1.807, 2.05) is 0 Å². The highest BCUT2D eigenvalue weighted by Crippen LogP contribution is 2.25. The summed E-state index contributed by atoms with van der Waals surface area (Å²) in [6.45, 7) is 0.601. The first-order valence-corrected chi connectivity index (χ1v) is 10.7. The zero-order valence-corrected chi connectivity index (χ0v) is 17.3. The van der Waals surface area contributed by atoms with E-state index in [4.69, 9.17) is 0 Å². The first kappa shape index (κ1) is 21.6. The summed E-state index contributed by atoms with van der Waals surface area (Å²) < 4.78 is 67.9. The summed E-state index contributed by atoms with van der Waals surface area (Å²) in [7, 11) is -3.89. The molecule has 0 radical (unpaired) electrons. The van der Waals surface area contributed by atoms with Crippen LogP contribution in [0.25, 0.3) is 0 Å². The average molecular weight is 493 g/mol. The minimum absolute atomic E-state index is 0.0887. The van der Waals surface area contributed by atoms with Crippen molar-refractivity contribution in [2.75, 3.05) is 26.2 Å². The van der Waals surface area contributed by atoms with E-state index in [1.54, 1.807) is 29.2 Å². The molecule has 29 heavy (non-hydrogen) atoms. The molecule has 0 spiro atoms. The van der Waals surface area contributed by atoms with E-state index in [1.165, 1.54) is 4.31 Å². The van der Waals surface area contributed by atoms with Crippen molar-refractivity contribution in [1.29, 1.82) is 0 Å². The van der Waals surface area contributed by atoms with Gasteiger partial charge in [0.1, 0.15) is 5.75 Å². The Hall–Kier alpha value is -2.11. The van der Waals surface area contributed by atoms with Gasteiger partial charge in [-0.15, -0.1) is 13.2 Å². The normalized spacial score (nSPS) is 15.9. The number of carbonyl (C=O) groups is 1. The molecule has 2 aromatic rings. The monoisotopic (exact) mass is 492 g/mol. The van der Waals surface area contributed by atoms with E-state index in [0.29, 0.717) is 5.56 Å². The van der Waals surface area contributed by atoms with Crippen molar-refractivity contribution < 1.29 is 31.1 Å². The second kappa shape index (κ2) is 8.33. The molecule has 0 bridgehead atoms. The van der Waals surface area contributed by atoms with Crippen molar-refractivity contribution in [2.24, 2.45) is 0 Å². The molecule has 1 amide bonds. The highest BCUT2D eigenvalue weighted by molar-refractivity contribution is 9.10. The summed E-state index contributed by atoms with van der Waals surface area (Å²) in [5.41, 5.74) is 0.504. The summed E-state index contributed by atoms with van der Waals surface area (Å²) in [6, 6.07) is 10.9. The van der Waals surface area contributed by atoms with Crippen LogP contribution in [-0.2, 0) is 10.0 Å². The molecule has 1 aliphatic rings. The number of alkyl halides is 3. The van der Waals surface area contributed by atoms with Crippen molar-refractivity contribution >= 4 is 31.9 Å². The van der Waals surface area contributed by atoms with Gasteiger partial charge in [-0.25, -0.2) is 8.42 Å². The zero-order valence-electron chi connectivity index (χ0n) is 14.9. The van der Waals surface area contributed by atoms with Gasteiger partial charge in [-0.1, -0.05) is 15.9 Å². The molecule has 1 aliphatic heterocycles. The van der Waals surface area contributed by atoms with Gasteiger partial charge in [-0.3, -0.25) is 4.79 Å². The van der Waals surface area contributed by atoms with Crippen LogP contribution in [0.4, 0.5) is 13.2 Å². The van der Waals surface area contributed by atoms with Crippen LogP contribution in [0.15, 0.2) is 57.9 Å². The Kier molecular flexibility index (Phi) is 6.20. The molecule has 0 N–H and O–H groups in total. The molecule has 0 unspecified atom stereocenters. The Labute approximate surface area is 174 Å². The second-order valence-electron chi connectivity index (χ2n) is 6.22. The lowest BCUT2D eigenvalue weighted by Crippen LogP contribution is -2.50. The van der Waals surface area contributed by atoms with E-state index in [9.17, 15) is 26.4 Å². The molecule has 0 saturated carbocycles. The van der Waals surface area contributed by atoms with Crippen molar-refractivity contribution in [3.63, 3.8) is 0 Å². The molecule has 0 atom stereocenters. The summed E-state index contributed by atoms with van der Waals surface area (Å²) in [6.07, 6.45) is -4.85. The van der Waals surface area contributed by atoms with E-state index in [-0.39, 0.29) is 37.0 Å². The van der Waals surface area contributed by atoms with Gasteiger partial charge in [0.2, 0.25) is 10.0 Å². The largest absolute Gasteiger partial charge is 0.573 e. The first-order chi connectivity index (χ1) is 13.6. The maximum atomic E-state index is 12.7. The molecular weight excluding hydrogens is 477 g/mol. The molecule has 1 heterocycles. The number of ether oxygens (including phenoxy) is 1. The third-order valence-corrected chi connectivity index (χ3v) is 6.75. The third kappa shape index (κ3) is 5.28. The van der Waals surface area contributed by atoms with Crippen LogP contribution in [0, 0.1) is 0 Å². The minimum atomic E-state index is -4.85. The van der Waals surface area contributed by atoms with Gasteiger partial charge in [0.25, 0.3) is 5.91 Å². The predicted octanol–water partition coefficient (Wildman–Crippen LogP) is 3.49. The number of halogens is 4. The van der Waals surface area contributed by atoms with Gasteiger partial charge in [-0.2, -0.15) is 4.31 Å². The topological polar surface area (TPSA) is 66.9 Å². The number of amides is 1. The molecular formula is C18H16BrF3N2O4S. The van der Waals surface area contributed by atoms with E-state index in [0.717, 1.165) is 28.7 Å². The SMILES string of the molecule is O=C(c1ccc(Br)cc1)N1CCN(S(=O)(=O)c2ccc(OC(F)(F)F)cc2)CC1. The maximum absolute atomic E-state index is 12.7. The molecule has 3 rings (SSSR count). The lowest BCUT2D eigenvalue weighted by atomic mass is 10.2. The lowest BCUT2D eigenvalue weighted by Gasteiger charge is -2.34. The average Bonchev–Trinajstić information content (AvgIpc) is 2.67. The molecule has 0 aromatic heterocycles. The molecule has 0 aliphatic carbocycles. The summed E-state index contributed by atoms with van der Waals surface area (Å²) >= 11 is 3.30. The van der Waals surface area contributed by atoms with Crippen LogP contribution in [0.5, 0.6) is 5.75 Å². The Morgan fingerprint density at radius 2 is 1.48 bits per heavy atom. The number of carbonyl (C=O) groups excluding carboxylic acids is 1. The van der Waals surface area contributed by atoms with Crippen molar-refractivity contribution in [2.45, 2.75) is 11.3 Å². The van der Waals surface area contributed by atoms with E-state index >= 15 is 0 Å². The highest BCUT2D eigenvalue weighted by Gasteiger charge is 2.32. The van der Waals surface area contributed by atoms with Crippen LogP contribution in [0.1, 0.15) is 10.4 Å². The van der Waals surface area contributed by atoms with Crippen molar-refractivity contribution in [1.82, 2.24) is 9.21 Å².